The summed E-state index contributed by atoms with van der Waals surface area (Å²) in [4.78, 5) is 7.29. The van der Waals surface area contributed by atoms with E-state index < -0.39 is 0 Å². The predicted octanol–water partition coefficient (Wildman–Crippen LogP) is 3.98. The van der Waals surface area contributed by atoms with Crippen LogP contribution in [-0.4, -0.2) is 37.4 Å². The number of H-pyrrole nitrogens is 1. The Labute approximate surface area is 149 Å². The first kappa shape index (κ1) is 17.5. The van der Waals surface area contributed by atoms with Gasteiger partial charge in [0.2, 0.25) is 0 Å². The molecule has 0 amide bonds. The Kier molecular flexibility index (Phi) is 5.40. The largest absolute Gasteiger partial charge is 0.492 e. The van der Waals surface area contributed by atoms with Gasteiger partial charge in [-0.25, -0.2) is 9.37 Å². The van der Waals surface area contributed by atoms with Crippen LogP contribution in [0.1, 0.15) is 11.1 Å². The lowest BCUT2D eigenvalue weighted by Gasteiger charge is -2.15. The Morgan fingerprint density at radius 2 is 2.08 bits per heavy atom. The fourth-order valence-corrected chi connectivity index (χ4v) is 2.85. The molecule has 1 aromatic carbocycles. The summed E-state index contributed by atoms with van der Waals surface area (Å²) in [5.41, 5.74) is 1.99. The fraction of sp³-hybridized carbons (Fsp3) is 0.278. The maximum atomic E-state index is 14.5. The molecule has 0 aliphatic heterocycles. The highest BCUT2D eigenvalue weighted by Gasteiger charge is 2.18. The van der Waals surface area contributed by atoms with Crippen molar-refractivity contribution in [3.05, 3.63) is 52.6 Å². The van der Waals surface area contributed by atoms with Crippen LogP contribution >= 0.6 is 11.6 Å². The number of nitrogens with zero attached hydrogens (tertiary/aromatic N) is 1. The fourth-order valence-electron chi connectivity index (χ4n) is 2.69. The highest BCUT2D eigenvalue weighted by molar-refractivity contribution is 6.31. The number of aromatic nitrogens is 2. The van der Waals surface area contributed by atoms with Gasteiger partial charge in [0, 0.05) is 36.9 Å². The molecule has 132 valence electrons. The number of nitrogens with one attached hydrogen (secondary N) is 1. The molecule has 25 heavy (non-hydrogen) atoms. The third kappa shape index (κ3) is 3.70. The van der Waals surface area contributed by atoms with Gasteiger partial charge in [-0.2, -0.15) is 0 Å². The standard InChI is InChI=1S/C18H18ClFN2O3/c1-23-5-6-25-16-4-3-15(20)14(17(16)24-2)7-11-9-21-18-13(11)8-12(19)10-22-18/h3-4,8-10H,5-7H2,1-2H3,(H,21,22). The Morgan fingerprint density at radius 3 is 2.84 bits per heavy atom. The molecule has 7 heteroatoms. The van der Waals surface area contributed by atoms with Crippen molar-refractivity contribution in [2.45, 2.75) is 6.42 Å². The Bertz CT molecular complexity index is 882. The maximum absolute atomic E-state index is 14.5. The second kappa shape index (κ2) is 7.72. The Hall–Kier alpha value is -2.31. The smallest absolute Gasteiger partial charge is 0.167 e. The molecule has 0 radical (unpaired) electrons. The van der Waals surface area contributed by atoms with Crippen molar-refractivity contribution in [3.8, 4) is 11.5 Å². The van der Waals surface area contributed by atoms with Crippen molar-refractivity contribution in [1.29, 1.82) is 0 Å². The number of hydrogen-bond acceptors (Lipinski definition) is 4. The van der Waals surface area contributed by atoms with E-state index in [0.717, 1.165) is 10.9 Å². The van der Waals surface area contributed by atoms with Gasteiger partial charge in [-0.3, -0.25) is 0 Å². The lowest BCUT2D eigenvalue weighted by Crippen LogP contribution is -2.07. The van der Waals surface area contributed by atoms with Crippen molar-refractivity contribution in [1.82, 2.24) is 9.97 Å². The summed E-state index contributed by atoms with van der Waals surface area (Å²) in [6, 6.07) is 4.74. The van der Waals surface area contributed by atoms with E-state index in [1.807, 2.05) is 0 Å². The maximum Gasteiger partial charge on any atom is 0.167 e. The highest BCUT2D eigenvalue weighted by Crippen LogP contribution is 2.35. The van der Waals surface area contributed by atoms with Gasteiger partial charge in [0.1, 0.15) is 18.1 Å². The number of benzene rings is 1. The number of rotatable bonds is 7. The van der Waals surface area contributed by atoms with Crippen LogP contribution in [0.4, 0.5) is 4.39 Å². The molecule has 0 spiro atoms. The minimum atomic E-state index is -0.361. The molecule has 5 nitrogen and oxygen atoms in total. The van der Waals surface area contributed by atoms with Crippen LogP contribution < -0.4 is 9.47 Å². The lowest BCUT2D eigenvalue weighted by atomic mass is 10.0. The highest BCUT2D eigenvalue weighted by atomic mass is 35.5. The van der Waals surface area contributed by atoms with Crippen molar-refractivity contribution in [3.63, 3.8) is 0 Å². The van der Waals surface area contributed by atoms with E-state index in [-0.39, 0.29) is 5.82 Å². The summed E-state index contributed by atoms with van der Waals surface area (Å²) in [5, 5.41) is 1.37. The molecule has 0 aliphatic rings. The normalized spacial score (nSPS) is 11.0. The predicted molar refractivity (Wildman–Crippen MR) is 94.2 cm³/mol. The van der Waals surface area contributed by atoms with Gasteiger partial charge < -0.3 is 19.2 Å². The first-order valence-electron chi connectivity index (χ1n) is 7.72. The molecule has 3 aromatic rings. The van der Waals surface area contributed by atoms with Gasteiger partial charge in [-0.1, -0.05) is 11.6 Å². The van der Waals surface area contributed by atoms with Gasteiger partial charge in [0.05, 0.1) is 18.7 Å². The van der Waals surface area contributed by atoms with Crippen molar-refractivity contribution >= 4 is 22.6 Å². The zero-order valence-electron chi connectivity index (χ0n) is 13.9. The average molecular weight is 365 g/mol. The quantitative estimate of drug-likeness (QED) is 0.644. The molecule has 0 atom stereocenters. The molecular weight excluding hydrogens is 347 g/mol. The Morgan fingerprint density at radius 1 is 1.24 bits per heavy atom. The van der Waals surface area contributed by atoms with Gasteiger partial charge in [0.15, 0.2) is 11.5 Å². The monoisotopic (exact) mass is 364 g/mol. The number of aromatic amines is 1. The minimum absolute atomic E-state index is 0.318. The molecule has 1 N–H and O–H groups in total. The van der Waals surface area contributed by atoms with Crippen LogP contribution in [0.5, 0.6) is 11.5 Å². The van der Waals surface area contributed by atoms with Gasteiger partial charge in [-0.15, -0.1) is 0 Å². The second-order valence-electron chi connectivity index (χ2n) is 5.44. The molecule has 0 saturated heterocycles. The van der Waals surface area contributed by atoms with Gasteiger partial charge in [0.25, 0.3) is 0 Å². The number of pyridine rings is 1. The summed E-state index contributed by atoms with van der Waals surface area (Å²) in [7, 11) is 3.09. The topological polar surface area (TPSA) is 56.4 Å². The molecular formula is C18H18ClFN2O3. The third-order valence-electron chi connectivity index (χ3n) is 3.87. The van der Waals surface area contributed by atoms with E-state index in [2.05, 4.69) is 9.97 Å². The molecule has 0 saturated carbocycles. The van der Waals surface area contributed by atoms with E-state index in [1.165, 1.54) is 13.2 Å². The summed E-state index contributed by atoms with van der Waals surface area (Å²) in [6.07, 6.45) is 3.68. The van der Waals surface area contributed by atoms with E-state index in [0.29, 0.717) is 47.4 Å². The average Bonchev–Trinajstić information content (AvgIpc) is 3.00. The third-order valence-corrected chi connectivity index (χ3v) is 4.07. The van der Waals surface area contributed by atoms with Crippen molar-refractivity contribution < 1.29 is 18.6 Å². The number of ether oxygens (including phenoxy) is 3. The van der Waals surface area contributed by atoms with Crippen LogP contribution in [0.15, 0.2) is 30.6 Å². The molecule has 0 fully saturated rings. The summed E-state index contributed by atoms with van der Waals surface area (Å²) in [6.45, 7) is 0.785. The van der Waals surface area contributed by atoms with Gasteiger partial charge in [-0.05, 0) is 23.8 Å². The molecule has 2 heterocycles. The minimum Gasteiger partial charge on any atom is -0.492 e. The SMILES string of the molecule is COCCOc1ccc(F)c(Cc2c[nH]c3ncc(Cl)cc23)c1OC. The Balaban J connectivity index is 1.97. The molecule has 0 bridgehead atoms. The van der Waals surface area contributed by atoms with Crippen LogP contribution in [0.3, 0.4) is 0 Å². The molecule has 0 aliphatic carbocycles. The van der Waals surface area contributed by atoms with Crippen molar-refractivity contribution in [2.24, 2.45) is 0 Å². The number of hydrogen-bond donors (Lipinski definition) is 1. The van der Waals surface area contributed by atoms with Crippen LogP contribution in [0.25, 0.3) is 11.0 Å². The lowest BCUT2D eigenvalue weighted by molar-refractivity contribution is 0.144. The first-order chi connectivity index (χ1) is 12.1. The van der Waals surface area contributed by atoms with Crippen LogP contribution in [0, 0.1) is 5.82 Å². The van der Waals surface area contributed by atoms with Crippen molar-refractivity contribution in [2.75, 3.05) is 27.4 Å². The van der Waals surface area contributed by atoms with E-state index in [4.69, 9.17) is 25.8 Å². The first-order valence-corrected chi connectivity index (χ1v) is 8.10. The van der Waals surface area contributed by atoms with Gasteiger partial charge >= 0.3 is 0 Å². The number of methoxy groups -OCH3 is 2. The number of fused-ring (bicyclic) bond motifs is 1. The van der Waals surface area contributed by atoms with E-state index >= 15 is 0 Å². The van der Waals surface area contributed by atoms with Crippen LogP contribution in [0.2, 0.25) is 5.02 Å². The summed E-state index contributed by atoms with van der Waals surface area (Å²) in [5.74, 6) is 0.493. The summed E-state index contributed by atoms with van der Waals surface area (Å²) >= 11 is 6.03. The second-order valence-corrected chi connectivity index (χ2v) is 5.88. The molecule has 0 unspecified atom stereocenters. The molecule has 3 rings (SSSR count). The number of halogens is 2. The van der Waals surface area contributed by atoms with E-state index in [9.17, 15) is 4.39 Å². The van der Waals surface area contributed by atoms with E-state index in [1.54, 1.807) is 31.6 Å². The molecule has 2 aromatic heterocycles. The van der Waals surface area contributed by atoms with Crippen LogP contribution in [-0.2, 0) is 11.2 Å². The zero-order chi connectivity index (χ0) is 17.8. The zero-order valence-corrected chi connectivity index (χ0v) is 14.7. The summed E-state index contributed by atoms with van der Waals surface area (Å²) < 4.78 is 30.5.